The summed E-state index contributed by atoms with van der Waals surface area (Å²) in [6.07, 6.45) is 1.57. The molecule has 0 radical (unpaired) electrons. The molecular formula is C8H10N2O2. The Bertz CT molecular complexity index is 310. The lowest BCUT2D eigenvalue weighted by Gasteiger charge is -2.04. The molecule has 0 fully saturated rings. The maximum absolute atomic E-state index is 10.8. The first-order valence-corrected chi connectivity index (χ1v) is 3.45. The molecule has 1 aromatic rings. The van der Waals surface area contributed by atoms with E-state index in [1.54, 1.807) is 12.3 Å². The van der Waals surface area contributed by atoms with Crippen molar-refractivity contribution in [2.45, 2.75) is 6.92 Å². The maximum Gasteiger partial charge on any atom is 0.271 e. The average molecular weight is 166 g/mol. The van der Waals surface area contributed by atoms with Crippen molar-refractivity contribution >= 4 is 5.91 Å². The van der Waals surface area contributed by atoms with Crippen LogP contribution in [-0.4, -0.2) is 18.0 Å². The van der Waals surface area contributed by atoms with Crippen LogP contribution in [0, 0.1) is 6.92 Å². The van der Waals surface area contributed by atoms with Gasteiger partial charge in [-0.05, 0) is 18.6 Å². The highest BCUT2D eigenvalue weighted by molar-refractivity contribution is 5.93. The minimum absolute atomic E-state index is 0.170. The lowest BCUT2D eigenvalue weighted by Crippen LogP contribution is -2.14. The zero-order valence-corrected chi connectivity index (χ0v) is 7.00. The average Bonchev–Trinajstić information content (AvgIpc) is 2.03. The first kappa shape index (κ1) is 8.52. The second-order valence-corrected chi connectivity index (χ2v) is 2.43. The molecule has 4 heteroatoms. The van der Waals surface area contributed by atoms with Gasteiger partial charge in [0, 0.05) is 6.20 Å². The van der Waals surface area contributed by atoms with Gasteiger partial charge >= 0.3 is 0 Å². The SMILES string of the molecule is COc1cc(C)cnc1C(N)=O. The number of rotatable bonds is 2. The summed E-state index contributed by atoms with van der Waals surface area (Å²) in [5.74, 6) is -0.158. The lowest BCUT2D eigenvalue weighted by molar-refractivity contribution is 0.0992. The smallest absolute Gasteiger partial charge is 0.271 e. The van der Waals surface area contributed by atoms with Gasteiger partial charge in [-0.2, -0.15) is 0 Å². The third-order valence-corrected chi connectivity index (χ3v) is 1.44. The van der Waals surface area contributed by atoms with Crippen LogP contribution in [0.4, 0.5) is 0 Å². The number of aryl methyl sites for hydroxylation is 1. The van der Waals surface area contributed by atoms with Gasteiger partial charge in [0.1, 0.15) is 5.75 Å². The molecule has 2 N–H and O–H groups in total. The molecule has 0 aliphatic rings. The molecule has 0 aliphatic carbocycles. The molecule has 4 nitrogen and oxygen atoms in total. The Kier molecular flexibility index (Phi) is 2.28. The van der Waals surface area contributed by atoms with E-state index in [1.165, 1.54) is 7.11 Å². The van der Waals surface area contributed by atoms with Gasteiger partial charge in [-0.25, -0.2) is 4.98 Å². The van der Waals surface area contributed by atoms with Crippen LogP contribution in [0.25, 0.3) is 0 Å². The highest BCUT2D eigenvalue weighted by atomic mass is 16.5. The quantitative estimate of drug-likeness (QED) is 0.695. The van der Waals surface area contributed by atoms with Crippen LogP contribution in [0.1, 0.15) is 16.1 Å². The highest BCUT2D eigenvalue weighted by Gasteiger charge is 2.09. The Morgan fingerprint density at radius 2 is 2.33 bits per heavy atom. The van der Waals surface area contributed by atoms with Crippen LogP contribution >= 0.6 is 0 Å². The molecule has 0 saturated heterocycles. The van der Waals surface area contributed by atoms with Crippen LogP contribution in [0.2, 0.25) is 0 Å². The lowest BCUT2D eigenvalue weighted by atomic mass is 10.2. The number of carbonyl (C=O) groups excluding carboxylic acids is 1. The summed E-state index contributed by atoms with van der Waals surface area (Å²) >= 11 is 0. The van der Waals surface area contributed by atoms with E-state index in [-0.39, 0.29) is 5.69 Å². The predicted molar refractivity (Wildman–Crippen MR) is 44.0 cm³/mol. The van der Waals surface area contributed by atoms with E-state index in [0.29, 0.717) is 5.75 Å². The van der Waals surface area contributed by atoms with Crippen molar-refractivity contribution in [3.05, 3.63) is 23.5 Å². The molecule has 1 rings (SSSR count). The number of methoxy groups -OCH3 is 1. The molecule has 0 aliphatic heterocycles. The van der Waals surface area contributed by atoms with E-state index >= 15 is 0 Å². The zero-order valence-electron chi connectivity index (χ0n) is 7.00. The second kappa shape index (κ2) is 3.21. The van der Waals surface area contributed by atoms with Crippen LogP contribution in [0.3, 0.4) is 0 Å². The van der Waals surface area contributed by atoms with Crippen molar-refractivity contribution in [3.8, 4) is 5.75 Å². The third-order valence-electron chi connectivity index (χ3n) is 1.44. The number of nitrogens with zero attached hydrogens (tertiary/aromatic N) is 1. The minimum atomic E-state index is -0.577. The van der Waals surface area contributed by atoms with Crippen molar-refractivity contribution in [2.75, 3.05) is 7.11 Å². The maximum atomic E-state index is 10.8. The fourth-order valence-corrected chi connectivity index (χ4v) is 0.883. The van der Waals surface area contributed by atoms with Gasteiger partial charge < -0.3 is 10.5 Å². The van der Waals surface area contributed by atoms with Crippen molar-refractivity contribution in [3.63, 3.8) is 0 Å². The summed E-state index contributed by atoms with van der Waals surface area (Å²) < 4.78 is 4.92. The number of hydrogen-bond acceptors (Lipinski definition) is 3. The van der Waals surface area contributed by atoms with Crippen LogP contribution in [-0.2, 0) is 0 Å². The topological polar surface area (TPSA) is 65.2 Å². The Balaban J connectivity index is 3.20. The number of amides is 1. The molecule has 0 aromatic carbocycles. The first-order valence-electron chi connectivity index (χ1n) is 3.45. The van der Waals surface area contributed by atoms with Gasteiger partial charge in [-0.3, -0.25) is 4.79 Å². The summed E-state index contributed by atoms with van der Waals surface area (Å²) in [4.78, 5) is 14.6. The molecule has 12 heavy (non-hydrogen) atoms. The van der Waals surface area contributed by atoms with Gasteiger partial charge in [0.25, 0.3) is 5.91 Å². The van der Waals surface area contributed by atoms with Gasteiger partial charge in [0.2, 0.25) is 0 Å². The van der Waals surface area contributed by atoms with Crippen LogP contribution in [0.15, 0.2) is 12.3 Å². The largest absolute Gasteiger partial charge is 0.494 e. The summed E-state index contributed by atoms with van der Waals surface area (Å²) in [5, 5.41) is 0. The van der Waals surface area contributed by atoms with Crippen LogP contribution < -0.4 is 10.5 Å². The molecule has 0 spiro atoms. The second-order valence-electron chi connectivity index (χ2n) is 2.43. The number of ether oxygens (including phenoxy) is 1. The standard InChI is InChI=1S/C8H10N2O2/c1-5-3-6(12-2)7(8(9)11)10-4-5/h3-4H,1-2H3,(H2,9,11). The number of nitrogens with two attached hydrogens (primary N) is 1. The molecule has 0 atom stereocenters. The molecule has 1 heterocycles. The summed E-state index contributed by atoms with van der Waals surface area (Å²) in [5.41, 5.74) is 6.16. The number of primary amides is 1. The van der Waals surface area contributed by atoms with Gasteiger partial charge in [0.05, 0.1) is 7.11 Å². The molecule has 64 valence electrons. The van der Waals surface area contributed by atoms with E-state index in [0.717, 1.165) is 5.56 Å². The monoisotopic (exact) mass is 166 g/mol. The Hall–Kier alpha value is -1.58. The van der Waals surface area contributed by atoms with E-state index in [4.69, 9.17) is 10.5 Å². The van der Waals surface area contributed by atoms with E-state index in [9.17, 15) is 4.79 Å². The number of hydrogen-bond donors (Lipinski definition) is 1. The number of carbonyl (C=O) groups is 1. The first-order chi connectivity index (χ1) is 5.65. The molecule has 0 unspecified atom stereocenters. The molecule has 0 bridgehead atoms. The number of aromatic nitrogens is 1. The van der Waals surface area contributed by atoms with Crippen LogP contribution in [0.5, 0.6) is 5.75 Å². The van der Waals surface area contributed by atoms with Gasteiger partial charge in [-0.1, -0.05) is 0 Å². The summed E-state index contributed by atoms with van der Waals surface area (Å²) in [6.45, 7) is 1.86. The van der Waals surface area contributed by atoms with E-state index < -0.39 is 5.91 Å². The molecule has 0 saturated carbocycles. The minimum Gasteiger partial charge on any atom is -0.494 e. The summed E-state index contributed by atoms with van der Waals surface area (Å²) in [7, 11) is 1.48. The number of pyridine rings is 1. The van der Waals surface area contributed by atoms with Crippen molar-refractivity contribution in [1.29, 1.82) is 0 Å². The Morgan fingerprint density at radius 3 is 2.83 bits per heavy atom. The van der Waals surface area contributed by atoms with Crippen molar-refractivity contribution in [2.24, 2.45) is 5.73 Å². The van der Waals surface area contributed by atoms with Gasteiger partial charge in [-0.15, -0.1) is 0 Å². The zero-order chi connectivity index (χ0) is 9.14. The van der Waals surface area contributed by atoms with Gasteiger partial charge in [0.15, 0.2) is 5.69 Å². The normalized spacial score (nSPS) is 9.50. The predicted octanol–water partition coefficient (Wildman–Crippen LogP) is 0.498. The Labute approximate surface area is 70.4 Å². The fraction of sp³-hybridized carbons (Fsp3) is 0.250. The summed E-state index contributed by atoms with van der Waals surface area (Å²) in [6, 6.07) is 1.72. The van der Waals surface area contributed by atoms with Crippen molar-refractivity contribution in [1.82, 2.24) is 4.98 Å². The van der Waals surface area contributed by atoms with E-state index in [2.05, 4.69) is 4.98 Å². The molecular weight excluding hydrogens is 156 g/mol. The molecule has 1 amide bonds. The van der Waals surface area contributed by atoms with E-state index in [1.807, 2.05) is 6.92 Å². The highest BCUT2D eigenvalue weighted by Crippen LogP contribution is 2.15. The third kappa shape index (κ3) is 1.53. The fourth-order valence-electron chi connectivity index (χ4n) is 0.883. The van der Waals surface area contributed by atoms with Crippen molar-refractivity contribution < 1.29 is 9.53 Å². The Morgan fingerprint density at radius 1 is 1.67 bits per heavy atom. The molecule has 1 aromatic heterocycles.